The minimum Gasteiger partial charge on any atom is -0.378 e. The molecule has 2 heterocycles. The van der Waals surface area contributed by atoms with Crippen LogP contribution in [0.2, 0.25) is 0 Å². The molecule has 0 aromatic heterocycles. The molecule has 0 radical (unpaired) electrons. The second kappa shape index (κ2) is 5.48. The third-order valence-electron chi connectivity index (χ3n) is 5.34. The van der Waals surface area contributed by atoms with Crippen LogP contribution in [0.3, 0.4) is 0 Å². The van der Waals surface area contributed by atoms with Crippen LogP contribution in [0.15, 0.2) is 0 Å². The van der Waals surface area contributed by atoms with Crippen molar-refractivity contribution in [1.29, 1.82) is 0 Å². The summed E-state index contributed by atoms with van der Waals surface area (Å²) in [5, 5.41) is 3.52. The van der Waals surface area contributed by atoms with Gasteiger partial charge in [0.05, 0.1) is 12.2 Å². The third kappa shape index (κ3) is 2.45. The fourth-order valence-corrected chi connectivity index (χ4v) is 4.09. The van der Waals surface area contributed by atoms with E-state index in [1.165, 1.54) is 32.2 Å². The van der Waals surface area contributed by atoms with E-state index in [1.807, 2.05) is 0 Å². The van der Waals surface area contributed by atoms with Crippen LogP contribution >= 0.6 is 0 Å². The molecule has 1 aliphatic carbocycles. The molecule has 18 heavy (non-hydrogen) atoms. The Morgan fingerprint density at radius 2 is 2.17 bits per heavy atom. The van der Waals surface area contributed by atoms with Crippen molar-refractivity contribution in [2.45, 2.75) is 44.6 Å². The molecule has 4 atom stereocenters. The first-order valence-corrected chi connectivity index (χ1v) is 7.75. The number of rotatable bonds is 4. The molecule has 2 saturated heterocycles. The van der Waals surface area contributed by atoms with Crippen LogP contribution in [0.5, 0.6) is 0 Å². The predicted octanol–water partition coefficient (Wildman–Crippen LogP) is 2.21. The molecule has 3 heteroatoms. The van der Waals surface area contributed by atoms with Crippen molar-refractivity contribution < 1.29 is 9.47 Å². The molecule has 0 aromatic carbocycles. The molecule has 0 bridgehead atoms. The average Bonchev–Trinajstić information content (AvgIpc) is 2.76. The SMILES string of the molecule is CCNCC1CCC1C1CCOC2(CCOC2)C1. The summed E-state index contributed by atoms with van der Waals surface area (Å²) >= 11 is 0. The zero-order valence-corrected chi connectivity index (χ0v) is 11.6. The van der Waals surface area contributed by atoms with E-state index in [2.05, 4.69) is 12.2 Å². The van der Waals surface area contributed by atoms with Gasteiger partial charge in [-0.1, -0.05) is 6.92 Å². The maximum Gasteiger partial charge on any atom is 0.0939 e. The highest BCUT2D eigenvalue weighted by Crippen LogP contribution is 2.47. The van der Waals surface area contributed by atoms with E-state index in [0.29, 0.717) is 0 Å². The Morgan fingerprint density at radius 1 is 1.22 bits per heavy atom. The molecule has 0 aromatic rings. The van der Waals surface area contributed by atoms with Gasteiger partial charge in [0.1, 0.15) is 0 Å². The molecular formula is C15H27NO2. The van der Waals surface area contributed by atoms with E-state index in [9.17, 15) is 0 Å². The first-order valence-electron chi connectivity index (χ1n) is 7.75. The lowest BCUT2D eigenvalue weighted by Gasteiger charge is -2.47. The van der Waals surface area contributed by atoms with E-state index >= 15 is 0 Å². The summed E-state index contributed by atoms with van der Waals surface area (Å²) in [5.74, 6) is 2.76. The van der Waals surface area contributed by atoms with Gasteiger partial charge in [0.15, 0.2) is 0 Å². The third-order valence-corrected chi connectivity index (χ3v) is 5.34. The van der Waals surface area contributed by atoms with E-state index in [1.54, 1.807) is 0 Å². The first kappa shape index (κ1) is 12.9. The van der Waals surface area contributed by atoms with Gasteiger partial charge >= 0.3 is 0 Å². The largest absolute Gasteiger partial charge is 0.378 e. The Bertz CT molecular complexity index is 276. The van der Waals surface area contributed by atoms with Gasteiger partial charge in [0.25, 0.3) is 0 Å². The molecule has 3 aliphatic rings. The van der Waals surface area contributed by atoms with Crippen LogP contribution in [0, 0.1) is 17.8 Å². The maximum absolute atomic E-state index is 6.05. The van der Waals surface area contributed by atoms with Gasteiger partial charge in [0.2, 0.25) is 0 Å². The zero-order valence-electron chi connectivity index (χ0n) is 11.6. The molecule has 3 nitrogen and oxygen atoms in total. The van der Waals surface area contributed by atoms with E-state index in [4.69, 9.17) is 9.47 Å². The molecule has 1 saturated carbocycles. The van der Waals surface area contributed by atoms with Gasteiger partial charge < -0.3 is 14.8 Å². The van der Waals surface area contributed by atoms with Crippen LogP contribution in [0.25, 0.3) is 0 Å². The highest BCUT2D eigenvalue weighted by molar-refractivity contribution is 4.96. The minimum absolute atomic E-state index is 0.0985. The fourth-order valence-electron chi connectivity index (χ4n) is 4.09. The second-order valence-corrected chi connectivity index (χ2v) is 6.40. The lowest BCUT2D eigenvalue weighted by molar-refractivity contribution is -0.118. The summed E-state index contributed by atoms with van der Waals surface area (Å²) in [5.41, 5.74) is 0.0985. The second-order valence-electron chi connectivity index (χ2n) is 6.40. The van der Waals surface area contributed by atoms with E-state index in [0.717, 1.165) is 50.5 Å². The van der Waals surface area contributed by atoms with Crippen molar-refractivity contribution in [3.8, 4) is 0 Å². The standard InChI is InChI=1S/C15H27NO2/c1-2-16-10-13-3-4-14(13)12-5-7-18-15(9-12)6-8-17-11-15/h12-14,16H,2-11H2,1H3. The Balaban J connectivity index is 1.55. The van der Waals surface area contributed by atoms with E-state index < -0.39 is 0 Å². The molecular weight excluding hydrogens is 226 g/mol. The minimum atomic E-state index is 0.0985. The highest BCUT2D eigenvalue weighted by Gasteiger charge is 2.46. The highest BCUT2D eigenvalue weighted by atomic mass is 16.6. The van der Waals surface area contributed by atoms with Gasteiger partial charge in [-0.15, -0.1) is 0 Å². The number of hydrogen-bond acceptors (Lipinski definition) is 3. The van der Waals surface area contributed by atoms with Crippen LogP contribution in [0.1, 0.15) is 39.0 Å². The van der Waals surface area contributed by atoms with Gasteiger partial charge in [-0.05, 0) is 56.5 Å². The van der Waals surface area contributed by atoms with Crippen LogP contribution in [-0.4, -0.2) is 38.5 Å². The van der Waals surface area contributed by atoms with Crippen LogP contribution in [0.4, 0.5) is 0 Å². The van der Waals surface area contributed by atoms with Crippen LogP contribution in [-0.2, 0) is 9.47 Å². The van der Waals surface area contributed by atoms with Crippen molar-refractivity contribution >= 4 is 0 Å². The summed E-state index contributed by atoms with van der Waals surface area (Å²) in [6, 6.07) is 0. The van der Waals surface area contributed by atoms with Gasteiger partial charge in [-0.2, -0.15) is 0 Å². The van der Waals surface area contributed by atoms with Crippen molar-refractivity contribution in [3.63, 3.8) is 0 Å². The molecule has 3 fully saturated rings. The molecule has 104 valence electrons. The van der Waals surface area contributed by atoms with Crippen molar-refractivity contribution in [3.05, 3.63) is 0 Å². The summed E-state index contributed by atoms with van der Waals surface area (Å²) in [6.45, 7) is 7.23. The molecule has 4 unspecified atom stereocenters. The van der Waals surface area contributed by atoms with Gasteiger partial charge in [-0.25, -0.2) is 0 Å². The molecule has 1 N–H and O–H groups in total. The smallest absolute Gasteiger partial charge is 0.0939 e. The summed E-state index contributed by atoms with van der Waals surface area (Å²) in [4.78, 5) is 0. The number of nitrogens with one attached hydrogen (secondary N) is 1. The summed E-state index contributed by atoms with van der Waals surface area (Å²) in [6.07, 6.45) is 6.51. The van der Waals surface area contributed by atoms with Crippen molar-refractivity contribution in [2.24, 2.45) is 17.8 Å². The average molecular weight is 253 g/mol. The Morgan fingerprint density at radius 3 is 2.83 bits per heavy atom. The molecule has 0 amide bonds. The number of hydrogen-bond donors (Lipinski definition) is 1. The Labute approximate surface area is 111 Å². The normalized spacial score (nSPS) is 44.2. The van der Waals surface area contributed by atoms with Gasteiger partial charge in [0, 0.05) is 19.6 Å². The van der Waals surface area contributed by atoms with Crippen molar-refractivity contribution in [1.82, 2.24) is 5.32 Å². The quantitative estimate of drug-likeness (QED) is 0.833. The fraction of sp³-hybridized carbons (Fsp3) is 1.00. The lowest BCUT2D eigenvalue weighted by atomic mass is 9.63. The number of ether oxygens (including phenoxy) is 2. The zero-order chi connectivity index (χ0) is 12.4. The molecule has 2 aliphatic heterocycles. The molecule has 3 rings (SSSR count). The maximum atomic E-state index is 6.05. The van der Waals surface area contributed by atoms with Crippen molar-refractivity contribution in [2.75, 3.05) is 32.9 Å². The topological polar surface area (TPSA) is 30.5 Å². The summed E-state index contributed by atoms with van der Waals surface area (Å²) in [7, 11) is 0. The van der Waals surface area contributed by atoms with E-state index in [-0.39, 0.29) is 5.60 Å². The molecule has 1 spiro atoms. The predicted molar refractivity (Wildman–Crippen MR) is 71.6 cm³/mol. The Hall–Kier alpha value is -0.120. The first-order chi connectivity index (χ1) is 8.83. The van der Waals surface area contributed by atoms with Gasteiger partial charge in [-0.3, -0.25) is 0 Å². The monoisotopic (exact) mass is 253 g/mol. The summed E-state index contributed by atoms with van der Waals surface area (Å²) < 4.78 is 11.6. The Kier molecular flexibility index (Phi) is 3.92. The van der Waals surface area contributed by atoms with Crippen LogP contribution < -0.4 is 5.32 Å². The lowest BCUT2D eigenvalue weighted by Crippen LogP contribution is -2.47.